The molecule has 1 atom stereocenters. The predicted octanol–water partition coefficient (Wildman–Crippen LogP) is 2.22. The average Bonchev–Trinajstić information content (AvgIpc) is 2.87. The van der Waals surface area contributed by atoms with Gasteiger partial charge < -0.3 is 5.11 Å². The molecule has 0 saturated carbocycles. The Morgan fingerprint density at radius 1 is 1.62 bits per heavy atom. The molecule has 1 aliphatic heterocycles. The lowest BCUT2D eigenvalue weighted by atomic mass is 10.2. The van der Waals surface area contributed by atoms with Crippen LogP contribution in [0.15, 0.2) is 6.20 Å². The Morgan fingerprint density at radius 2 is 2.44 bits per heavy atom. The largest absolute Gasteiger partial charge is 0.395 e. The van der Waals surface area contributed by atoms with Gasteiger partial charge in [0.25, 0.3) is 0 Å². The van der Waals surface area contributed by atoms with Crippen molar-refractivity contribution in [2.45, 2.75) is 45.2 Å². The van der Waals surface area contributed by atoms with Gasteiger partial charge in [-0.15, -0.1) is 11.3 Å². The number of aliphatic hydroxyl groups excluding tert-OH is 1. The summed E-state index contributed by atoms with van der Waals surface area (Å²) in [5.74, 6) is 0.568. The molecular formula is C12H20N2OS. The van der Waals surface area contributed by atoms with Crippen molar-refractivity contribution in [3.8, 4) is 0 Å². The molecule has 1 fully saturated rings. The minimum atomic E-state index is 0.280. The van der Waals surface area contributed by atoms with Crippen molar-refractivity contribution in [1.82, 2.24) is 9.88 Å². The van der Waals surface area contributed by atoms with Gasteiger partial charge in [-0.3, -0.25) is 4.90 Å². The molecule has 2 heterocycles. The lowest BCUT2D eigenvalue weighted by Crippen LogP contribution is -2.31. The Balaban J connectivity index is 1.97. The number of hydrogen-bond donors (Lipinski definition) is 1. The average molecular weight is 240 g/mol. The molecule has 1 N–H and O–H groups in total. The molecule has 0 unspecified atom stereocenters. The minimum Gasteiger partial charge on any atom is -0.395 e. The summed E-state index contributed by atoms with van der Waals surface area (Å²) in [7, 11) is 0. The third-order valence-electron chi connectivity index (χ3n) is 3.19. The molecule has 1 saturated heterocycles. The Hall–Kier alpha value is -0.450. The van der Waals surface area contributed by atoms with E-state index in [4.69, 9.17) is 0 Å². The third kappa shape index (κ3) is 2.62. The molecule has 0 spiro atoms. The topological polar surface area (TPSA) is 36.4 Å². The minimum absolute atomic E-state index is 0.280. The Labute approximate surface area is 101 Å². The molecule has 1 aromatic rings. The first-order valence-electron chi connectivity index (χ1n) is 6.00. The number of aliphatic hydroxyl groups is 1. The van der Waals surface area contributed by atoms with Gasteiger partial charge in [0.15, 0.2) is 0 Å². The van der Waals surface area contributed by atoms with Gasteiger partial charge in [-0.05, 0) is 25.3 Å². The standard InChI is InChI=1S/C12H20N2OS/c1-9(2)11-6-13-12(16-11)7-14-5-3-4-10(14)8-15/h6,9-10,15H,3-5,7-8H2,1-2H3/t10-/m0/s1. The molecule has 16 heavy (non-hydrogen) atoms. The van der Waals surface area contributed by atoms with Crippen molar-refractivity contribution in [1.29, 1.82) is 0 Å². The summed E-state index contributed by atoms with van der Waals surface area (Å²) in [5, 5.41) is 10.4. The smallest absolute Gasteiger partial charge is 0.107 e. The van der Waals surface area contributed by atoms with E-state index in [-0.39, 0.29) is 6.61 Å². The molecule has 0 radical (unpaired) electrons. The first kappa shape index (κ1) is 12.0. The van der Waals surface area contributed by atoms with E-state index in [2.05, 4.69) is 23.7 Å². The van der Waals surface area contributed by atoms with Crippen LogP contribution in [0.4, 0.5) is 0 Å². The van der Waals surface area contributed by atoms with Gasteiger partial charge in [-0.25, -0.2) is 4.98 Å². The maximum atomic E-state index is 9.25. The summed E-state index contributed by atoms with van der Waals surface area (Å²) in [6.45, 7) is 6.68. The third-order valence-corrected chi connectivity index (χ3v) is 4.47. The van der Waals surface area contributed by atoms with E-state index in [1.165, 1.54) is 16.3 Å². The van der Waals surface area contributed by atoms with Crippen LogP contribution in [0.25, 0.3) is 0 Å². The van der Waals surface area contributed by atoms with Crippen LogP contribution < -0.4 is 0 Å². The number of aromatic nitrogens is 1. The van der Waals surface area contributed by atoms with Crippen LogP contribution in [-0.2, 0) is 6.54 Å². The van der Waals surface area contributed by atoms with Crippen LogP contribution in [0.1, 0.15) is 42.5 Å². The van der Waals surface area contributed by atoms with E-state index in [0.717, 1.165) is 19.5 Å². The van der Waals surface area contributed by atoms with Gasteiger partial charge in [0.05, 0.1) is 13.2 Å². The normalized spacial score (nSPS) is 22.1. The van der Waals surface area contributed by atoms with Gasteiger partial charge in [0.2, 0.25) is 0 Å². The number of thiazole rings is 1. The Bertz CT molecular complexity index is 338. The molecule has 0 amide bonds. The van der Waals surface area contributed by atoms with Crippen LogP contribution >= 0.6 is 11.3 Å². The molecule has 1 aromatic heterocycles. The highest BCUT2D eigenvalue weighted by molar-refractivity contribution is 7.11. The van der Waals surface area contributed by atoms with Gasteiger partial charge >= 0.3 is 0 Å². The highest BCUT2D eigenvalue weighted by Gasteiger charge is 2.24. The molecule has 0 bridgehead atoms. The van der Waals surface area contributed by atoms with Crippen LogP contribution in [-0.4, -0.2) is 34.2 Å². The zero-order chi connectivity index (χ0) is 11.5. The summed E-state index contributed by atoms with van der Waals surface area (Å²) in [5.41, 5.74) is 0. The highest BCUT2D eigenvalue weighted by atomic mass is 32.1. The van der Waals surface area contributed by atoms with E-state index < -0.39 is 0 Å². The van der Waals surface area contributed by atoms with E-state index in [1.807, 2.05) is 6.20 Å². The van der Waals surface area contributed by atoms with Gasteiger partial charge in [0.1, 0.15) is 5.01 Å². The highest BCUT2D eigenvalue weighted by Crippen LogP contribution is 2.25. The van der Waals surface area contributed by atoms with E-state index in [0.29, 0.717) is 12.0 Å². The maximum absolute atomic E-state index is 9.25. The summed E-state index contributed by atoms with van der Waals surface area (Å²) < 4.78 is 0. The summed E-state index contributed by atoms with van der Waals surface area (Å²) in [6.07, 6.45) is 4.32. The monoisotopic (exact) mass is 240 g/mol. The van der Waals surface area contributed by atoms with Gasteiger partial charge in [0, 0.05) is 17.1 Å². The van der Waals surface area contributed by atoms with Gasteiger partial charge in [-0.2, -0.15) is 0 Å². The first-order chi connectivity index (χ1) is 7.70. The van der Waals surface area contributed by atoms with Crippen LogP contribution in [0, 0.1) is 0 Å². The van der Waals surface area contributed by atoms with Crippen molar-refractivity contribution in [3.05, 3.63) is 16.1 Å². The van der Waals surface area contributed by atoms with Crippen LogP contribution in [0.3, 0.4) is 0 Å². The lowest BCUT2D eigenvalue weighted by Gasteiger charge is -2.20. The number of likely N-dealkylation sites (tertiary alicyclic amines) is 1. The SMILES string of the molecule is CC(C)c1cnc(CN2CCC[C@H]2CO)s1. The fraction of sp³-hybridized carbons (Fsp3) is 0.750. The van der Waals surface area contributed by atoms with Crippen LogP contribution in [0.5, 0.6) is 0 Å². The second-order valence-electron chi connectivity index (χ2n) is 4.76. The molecular weight excluding hydrogens is 220 g/mol. The fourth-order valence-corrected chi connectivity index (χ4v) is 3.10. The van der Waals surface area contributed by atoms with E-state index in [9.17, 15) is 5.11 Å². The maximum Gasteiger partial charge on any atom is 0.107 e. The number of hydrogen-bond acceptors (Lipinski definition) is 4. The van der Waals surface area contributed by atoms with Crippen molar-refractivity contribution in [2.75, 3.05) is 13.2 Å². The van der Waals surface area contributed by atoms with E-state index in [1.54, 1.807) is 11.3 Å². The molecule has 90 valence electrons. The Kier molecular flexibility index (Phi) is 3.95. The van der Waals surface area contributed by atoms with Crippen LogP contribution in [0.2, 0.25) is 0 Å². The molecule has 2 rings (SSSR count). The number of nitrogens with zero attached hydrogens (tertiary/aromatic N) is 2. The molecule has 3 nitrogen and oxygen atoms in total. The second-order valence-corrected chi connectivity index (χ2v) is 5.91. The lowest BCUT2D eigenvalue weighted by molar-refractivity contribution is 0.153. The fourth-order valence-electron chi connectivity index (χ4n) is 2.15. The number of rotatable bonds is 4. The zero-order valence-electron chi connectivity index (χ0n) is 10.0. The second kappa shape index (κ2) is 5.25. The molecule has 4 heteroatoms. The Morgan fingerprint density at radius 3 is 3.06 bits per heavy atom. The van der Waals surface area contributed by atoms with Crippen molar-refractivity contribution in [2.24, 2.45) is 0 Å². The van der Waals surface area contributed by atoms with Gasteiger partial charge in [-0.1, -0.05) is 13.8 Å². The zero-order valence-corrected chi connectivity index (χ0v) is 10.8. The molecule has 1 aliphatic rings. The summed E-state index contributed by atoms with van der Waals surface area (Å²) >= 11 is 1.81. The van der Waals surface area contributed by atoms with Crippen molar-refractivity contribution >= 4 is 11.3 Å². The molecule has 0 aromatic carbocycles. The summed E-state index contributed by atoms with van der Waals surface area (Å²) in [6, 6.07) is 0.353. The van der Waals surface area contributed by atoms with Crippen molar-refractivity contribution in [3.63, 3.8) is 0 Å². The van der Waals surface area contributed by atoms with Crippen molar-refractivity contribution < 1.29 is 5.11 Å². The van der Waals surface area contributed by atoms with E-state index >= 15 is 0 Å². The quantitative estimate of drug-likeness (QED) is 0.876. The summed E-state index contributed by atoms with van der Waals surface area (Å²) in [4.78, 5) is 8.17. The first-order valence-corrected chi connectivity index (χ1v) is 6.82. The predicted molar refractivity (Wildman–Crippen MR) is 66.7 cm³/mol. The molecule has 0 aliphatic carbocycles.